The maximum absolute atomic E-state index is 13.1. The molecule has 0 aliphatic heterocycles. The second kappa shape index (κ2) is 12.2. The molecule has 182 valence electrons. The summed E-state index contributed by atoms with van der Waals surface area (Å²) in [6, 6.07) is 15.1. The minimum absolute atomic E-state index is 0.0674. The Kier molecular flexibility index (Phi) is 9.89. The first-order valence-electron chi connectivity index (χ1n) is 11.9. The Morgan fingerprint density at radius 1 is 1.03 bits per heavy atom. The Hall–Kier alpha value is -2.41. The van der Waals surface area contributed by atoms with Crippen LogP contribution in [0.15, 0.2) is 48.5 Å². The van der Waals surface area contributed by atoms with Crippen LogP contribution in [0.1, 0.15) is 51.3 Å². The maximum Gasteiger partial charge on any atom is 0.237 e. The first-order chi connectivity index (χ1) is 15.5. The summed E-state index contributed by atoms with van der Waals surface area (Å²) in [7, 11) is 0. The predicted molar refractivity (Wildman–Crippen MR) is 136 cm³/mol. The smallest absolute Gasteiger partial charge is 0.237 e. The topological polar surface area (TPSA) is 113 Å². The minimum atomic E-state index is -0.356. The van der Waals surface area contributed by atoms with Gasteiger partial charge in [0.15, 0.2) is 0 Å². The fraction of sp³-hybridized carbons (Fsp3) is 0.519. The number of nitrogens with two attached hydrogens (primary N) is 2. The third kappa shape index (κ3) is 8.46. The van der Waals surface area contributed by atoms with E-state index in [2.05, 4.69) is 43.5 Å². The van der Waals surface area contributed by atoms with E-state index in [1.165, 1.54) is 5.56 Å². The highest BCUT2D eigenvalue weighted by Gasteiger charge is 2.25. The first kappa shape index (κ1) is 26.8. The highest BCUT2D eigenvalue weighted by molar-refractivity contribution is 5.82. The molecule has 1 amide bonds. The van der Waals surface area contributed by atoms with Crippen LogP contribution in [0.3, 0.4) is 0 Å². The highest BCUT2D eigenvalue weighted by atomic mass is 16.3. The summed E-state index contributed by atoms with van der Waals surface area (Å²) in [5.74, 6) is 0.325. The van der Waals surface area contributed by atoms with Crippen molar-refractivity contribution in [3.63, 3.8) is 0 Å². The minimum Gasteiger partial charge on any atom is -0.508 e. The number of rotatable bonds is 11. The van der Waals surface area contributed by atoms with Crippen LogP contribution in [0, 0.1) is 5.92 Å². The predicted octanol–water partition coefficient (Wildman–Crippen LogP) is 2.86. The number of phenols is 1. The Bertz CT molecular complexity index is 877. The summed E-state index contributed by atoms with van der Waals surface area (Å²) in [6.07, 6.45) is 1.35. The van der Waals surface area contributed by atoms with Crippen molar-refractivity contribution in [2.24, 2.45) is 17.4 Å². The summed E-state index contributed by atoms with van der Waals surface area (Å²) in [4.78, 5) is 13.1. The second-order valence-electron chi connectivity index (χ2n) is 10.3. The third-order valence-corrected chi connectivity index (χ3v) is 5.87. The molecular weight excluding hydrogens is 412 g/mol. The van der Waals surface area contributed by atoms with Crippen molar-refractivity contribution in [3.8, 4) is 5.75 Å². The van der Waals surface area contributed by atoms with Gasteiger partial charge in [-0.3, -0.25) is 4.79 Å². The van der Waals surface area contributed by atoms with Crippen molar-refractivity contribution < 1.29 is 9.90 Å². The lowest BCUT2D eigenvalue weighted by atomic mass is 9.85. The van der Waals surface area contributed by atoms with Crippen LogP contribution in [-0.4, -0.2) is 42.2 Å². The van der Waals surface area contributed by atoms with Crippen LogP contribution in [0.2, 0.25) is 0 Å². The van der Waals surface area contributed by atoms with Gasteiger partial charge in [0, 0.05) is 25.2 Å². The molecule has 0 spiro atoms. The number of hydrogen-bond acceptors (Lipinski definition) is 5. The molecule has 0 bridgehead atoms. The summed E-state index contributed by atoms with van der Waals surface area (Å²) in [5, 5.41) is 16.7. The molecule has 6 heteroatoms. The molecule has 0 radical (unpaired) electrons. The number of nitrogens with one attached hydrogen (secondary N) is 2. The molecule has 0 aliphatic rings. The Morgan fingerprint density at radius 3 is 2.27 bits per heavy atom. The molecule has 6 nitrogen and oxygen atoms in total. The van der Waals surface area contributed by atoms with Gasteiger partial charge in [0.05, 0.1) is 6.04 Å². The number of carbonyl (C=O) groups is 1. The molecule has 2 aromatic rings. The maximum atomic E-state index is 13.1. The van der Waals surface area contributed by atoms with Crippen molar-refractivity contribution in [1.29, 1.82) is 0 Å². The van der Waals surface area contributed by atoms with Gasteiger partial charge in [-0.25, -0.2) is 0 Å². The zero-order valence-corrected chi connectivity index (χ0v) is 20.8. The number of aromatic hydroxyl groups is 1. The fourth-order valence-corrected chi connectivity index (χ4v) is 3.98. The molecule has 0 saturated carbocycles. The van der Waals surface area contributed by atoms with E-state index in [4.69, 9.17) is 11.5 Å². The van der Waals surface area contributed by atoms with E-state index in [1.807, 2.05) is 44.2 Å². The fourth-order valence-electron chi connectivity index (χ4n) is 3.98. The summed E-state index contributed by atoms with van der Waals surface area (Å²) < 4.78 is 0. The largest absolute Gasteiger partial charge is 0.508 e. The van der Waals surface area contributed by atoms with E-state index >= 15 is 0 Å². The molecule has 0 unspecified atom stereocenters. The van der Waals surface area contributed by atoms with Gasteiger partial charge in [0.2, 0.25) is 5.91 Å². The third-order valence-electron chi connectivity index (χ3n) is 5.87. The lowest BCUT2D eigenvalue weighted by Gasteiger charge is -2.27. The molecular formula is C27H42N4O2. The van der Waals surface area contributed by atoms with Gasteiger partial charge in [-0.15, -0.1) is 0 Å². The molecule has 2 aromatic carbocycles. The van der Waals surface area contributed by atoms with Gasteiger partial charge in [-0.1, -0.05) is 77.1 Å². The van der Waals surface area contributed by atoms with Crippen molar-refractivity contribution in [3.05, 3.63) is 65.2 Å². The van der Waals surface area contributed by atoms with E-state index in [-0.39, 0.29) is 41.1 Å². The van der Waals surface area contributed by atoms with E-state index in [0.29, 0.717) is 19.5 Å². The Labute approximate surface area is 199 Å². The van der Waals surface area contributed by atoms with E-state index in [0.717, 1.165) is 17.5 Å². The standard InChI is InChI=1S/C27H42N4O2/c1-18(2)25(30-17-21(29)13-19-9-7-6-8-10-19)26(33)31-22(16-28)14-20-11-12-24(32)23(15-20)27(3,4)5/h6-12,15,18,21-22,25,30,32H,13-14,16-17,28-29H2,1-5H3,(H,31,33)/t21-,22-,25-/m0/s1. The van der Waals surface area contributed by atoms with E-state index < -0.39 is 0 Å². The van der Waals surface area contributed by atoms with Crippen LogP contribution in [0.4, 0.5) is 0 Å². The highest BCUT2D eigenvalue weighted by Crippen LogP contribution is 2.31. The zero-order valence-electron chi connectivity index (χ0n) is 20.8. The van der Waals surface area contributed by atoms with Gasteiger partial charge in [-0.2, -0.15) is 0 Å². The number of amides is 1. The Morgan fingerprint density at radius 2 is 1.70 bits per heavy atom. The molecule has 0 saturated heterocycles. The van der Waals surface area contributed by atoms with Crippen molar-refractivity contribution in [2.75, 3.05) is 13.1 Å². The number of carbonyl (C=O) groups excluding carboxylic acids is 1. The quantitative estimate of drug-likeness (QED) is 0.358. The SMILES string of the molecule is CC(C)[C@H](NC[C@@H](N)Cc1ccccc1)C(=O)N[C@H](CN)Cc1ccc(O)c(C(C)(C)C)c1. The molecule has 3 atom stereocenters. The summed E-state index contributed by atoms with van der Waals surface area (Å²) >= 11 is 0. The van der Waals surface area contributed by atoms with E-state index in [1.54, 1.807) is 6.07 Å². The van der Waals surface area contributed by atoms with Crippen molar-refractivity contribution >= 4 is 5.91 Å². The van der Waals surface area contributed by atoms with E-state index in [9.17, 15) is 9.90 Å². The van der Waals surface area contributed by atoms with Gasteiger partial charge in [0.1, 0.15) is 5.75 Å². The van der Waals surface area contributed by atoms with Crippen LogP contribution >= 0.6 is 0 Å². The first-order valence-corrected chi connectivity index (χ1v) is 11.9. The second-order valence-corrected chi connectivity index (χ2v) is 10.3. The van der Waals surface area contributed by atoms with Gasteiger partial charge >= 0.3 is 0 Å². The lowest BCUT2D eigenvalue weighted by Crippen LogP contribution is -2.54. The average molecular weight is 455 g/mol. The van der Waals surface area contributed by atoms with Crippen LogP contribution < -0.4 is 22.1 Å². The normalized spacial score (nSPS) is 14.7. The monoisotopic (exact) mass is 454 g/mol. The number of phenolic OH excluding ortho intramolecular Hbond substituents is 1. The lowest BCUT2D eigenvalue weighted by molar-refractivity contribution is -0.124. The molecule has 0 fully saturated rings. The van der Waals surface area contributed by atoms with Gasteiger partial charge in [-0.05, 0) is 46.9 Å². The Balaban J connectivity index is 1.98. The molecule has 0 aliphatic carbocycles. The van der Waals surface area contributed by atoms with Crippen LogP contribution in [0.5, 0.6) is 5.75 Å². The summed E-state index contributed by atoms with van der Waals surface area (Å²) in [6.45, 7) is 11.1. The molecule has 7 N–H and O–H groups in total. The summed E-state index contributed by atoms with van der Waals surface area (Å²) in [5.41, 5.74) is 15.2. The number of benzene rings is 2. The molecule has 0 heterocycles. The average Bonchev–Trinajstić information content (AvgIpc) is 2.74. The number of hydrogen-bond donors (Lipinski definition) is 5. The van der Waals surface area contributed by atoms with Crippen LogP contribution in [-0.2, 0) is 23.1 Å². The van der Waals surface area contributed by atoms with Gasteiger partial charge in [0.25, 0.3) is 0 Å². The van der Waals surface area contributed by atoms with Crippen molar-refractivity contribution in [1.82, 2.24) is 10.6 Å². The molecule has 33 heavy (non-hydrogen) atoms. The van der Waals surface area contributed by atoms with Gasteiger partial charge < -0.3 is 27.2 Å². The molecule has 2 rings (SSSR count). The molecule has 0 aromatic heterocycles. The van der Waals surface area contributed by atoms with Crippen molar-refractivity contribution in [2.45, 2.75) is 71.0 Å². The van der Waals surface area contributed by atoms with Crippen LogP contribution in [0.25, 0.3) is 0 Å². The zero-order chi connectivity index (χ0) is 24.6.